The highest BCUT2D eigenvalue weighted by atomic mass is 16.5. The first-order chi connectivity index (χ1) is 13.1. The quantitative estimate of drug-likeness (QED) is 0.700. The van der Waals surface area contributed by atoms with E-state index in [2.05, 4.69) is 20.9 Å². The van der Waals surface area contributed by atoms with Gasteiger partial charge in [0.05, 0.1) is 13.2 Å². The summed E-state index contributed by atoms with van der Waals surface area (Å²) in [6, 6.07) is 10.7. The Labute approximate surface area is 158 Å². The molecular formula is C20H24N4O3. The first-order valence-corrected chi connectivity index (χ1v) is 9.00. The van der Waals surface area contributed by atoms with Crippen LogP contribution in [-0.4, -0.2) is 24.0 Å². The molecule has 1 aromatic heterocycles. The summed E-state index contributed by atoms with van der Waals surface area (Å²) in [5.41, 5.74) is 2.53. The van der Waals surface area contributed by atoms with Gasteiger partial charge in [0.2, 0.25) is 11.8 Å². The zero-order valence-corrected chi connectivity index (χ0v) is 15.5. The summed E-state index contributed by atoms with van der Waals surface area (Å²) in [7, 11) is 1.55. The molecule has 7 nitrogen and oxygen atoms in total. The number of benzene rings is 1. The van der Waals surface area contributed by atoms with Gasteiger partial charge in [-0.25, -0.2) is 9.78 Å². The number of hydrogen-bond donors (Lipinski definition) is 3. The van der Waals surface area contributed by atoms with E-state index >= 15 is 0 Å². The number of pyridine rings is 1. The Balaban J connectivity index is 1.49. The van der Waals surface area contributed by atoms with Crippen LogP contribution < -0.4 is 20.7 Å². The van der Waals surface area contributed by atoms with Gasteiger partial charge in [0.25, 0.3) is 0 Å². The lowest BCUT2D eigenvalue weighted by atomic mass is 10.1. The van der Waals surface area contributed by atoms with Crippen LogP contribution in [0, 0.1) is 5.92 Å². The highest BCUT2D eigenvalue weighted by Gasteiger charge is 2.29. The van der Waals surface area contributed by atoms with Gasteiger partial charge in [-0.1, -0.05) is 18.2 Å². The van der Waals surface area contributed by atoms with E-state index in [0.29, 0.717) is 12.4 Å². The topological polar surface area (TPSA) is 92.3 Å². The van der Waals surface area contributed by atoms with Gasteiger partial charge in [-0.05, 0) is 43.5 Å². The largest absolute Gasteiger partial charge is 0.481 e. The predicted molar refractivity (Wildman–Crippen MR) is 102 cm³/mol. The molecule has 0 radical (unpaired) electrons. The SMILES string of the molecule is COc1ncccc1CNC(=O)NC(C)c1ccc(NC(=O)C2CC2)cc1. The van der Waals surface area contributed by atoms with E-state index in [1.165, 1.54) is 0 Å². The number of ether oxygens (including phenoxy) is 1. The summed E-state index contributed by atoms with van der Waals surface area (Å²) < 4.78 is 5.17. The van der Waals surface area contributed by atoms with Gasteiger partial charge in [0.15, 0.2) is 0 Å². The molecule has 0 aliphatic heterocycles. The Morgan fingerprint density at radius 2 is 1.96 bits per heavy atom. The second-order valence-electron chi connectivity index (χ2n) is 6.61. The lowest BCUT2D eigenvalue weighted by Gasteiger charge is -2.16. The standard InChI is InChI=1S/C20H24N4O3/c1-13(14-7-9-17(10-8-14)24-18(25)15-5-6-15)23-20(26)22-12-16-4-3-11-21-19(16)27-2/h3-4,7-11,13,15H,5-6,12H2,1-2H3,(H,24,25)(H2,22,23,26). The van der Waals surface area contributed by atoms with Crippen LogP contribution in [0.25, 0.3) is 0 Å². The Bertz CT molecular complexity index is 803. The molecule has 1 fully saturated rings. The molecule has 0 bridgehead atoms. The van der Waals surface area contributed by atoms with Gasteiger partial charge in [0.1, 0.15) is 0 Å². The Morgan fingerprint density at radius 3 is 2.63 bits per heavy atom. The maximum atomic E-state index is 12.2. The number of urea groups is 1. The lowest BCUT2D eigenvalue weighted by molar-refractivity contribution is -0.117. The molecule has 3 rings (SSSR count). The zero-order chi connectivity index (χ0) is 19.2. The molecule has 27 heavy (non-hydrogen) atoms. The van der Waals surface area contributed by atoms with Crippen LogP contribution in [0.4, 0.5) is 10.5 Å². The minimum Gasteiger partial charge on any atom is -0.481 e. The van der Waals surface area contributed by atoms with Gasteiger partial charge >= 0.3 is 6.03 Å². The number of anilines is 1. The molecule has 1 atom stereocenters. The smallest absolute Gasteiger partial charge is 0.315 e. The molecule has 0 saturated heterocycles. The number of carbonyl (C=O) groups excluding carboxylic acids is 2. The van der Waals surface area contributed by atoms with Gasteiger partial charge in [0, 0.05) is 29.9 Å². The summed E-state index contributed by atoms with van der Waals surface area (Å²) in [6.45, 7) is 2.23. The third kappa shape index (κ3) is 5.20. The Kier molecular flexibility index (Phi) is 5.90. The second-order valence-corrected chi connectivity index (χ2v) is 6.61. The predicted octanol–water partition coefficient (Wildman–Crippen LogP) is 3.00. The first-order valence-electron chi connectivity index (χ1n) is 9.00. The molecule has 3 N–H and O–H groups in total. The summed E-state index contributed by atoms with van der Waals surface area (Å²) in [4.78, 5) is 28.0. The van der Waals surface area contributed by atoms with E-state index in [1.54, 1.807) is 19.4 Å². The fourth-order valence-electron chi connectivity index (χ4n) is 2.69. The van der Waals surface area contributed by atoms with Gasteiger partial charge < -0.3 is 20.7 Å². The van der Waals surface area contributed by atoms with E-state index in [-0.39, 0.29) is 23.9 Å². The number of hydrogen-bond acceptors (Lipinski definition) is 4. The average molecular weight is 368 g/mol. The van der Waals surface area contributed by atoms with Crippen molar-refractivity contribution in [3.63, 3.8) is 0 Å². The molecule has 1 aliphatic carbocycles. The normalized spacial score (nSPS) is 14.1. The monoisotopic (exact) mass is 368 g/mol. The molecule has 2 aromatic rings. The van der Waals surface area contributed by atoms with E-state index in [4.69, 9.17) is 4.74 Å². The fourth-order valence-corrected chi connectivity index (χ4v) is 2.69. The van der Waals surface area contributed by atoms with Crippen molar-refractivity contribution in [1.82, 2.24) is 15.6 Å². The summed E-state index contributed by atoms with van der Waals surface area (Å²) in [5, 5.41) is 8.60. The number of amides is 3. The maximum Gasteiger partial charge on any atom is 0.315 e. The second kappa shape index (κ2) is 8.53. The van der Waals surface area contributed by atoms with Crippen LogP contribution in [0.2, 0.25) is 0 Å². The van der Waals surface area contributed by atoms with Crippen LogP contribution in [-0.2, 0) is 11.3 Å². The van der Waals surface area contributed by atoms with Crippen molar-refractivity contribution >= 4 is 17.6 Å². The highest BCUT2D eigenvalue weighted by Crippen LogP contribution is 2.30. The molecule has 7 heteroatoms. The van der Waals surface area contributed by atoms with Crippen LogP contribution in [0.1, 0.15) is 36.9 Å². The molecule has 1 unspecified atom stereocenters. The zero-order valence-electron chi connectivity index (χ0n) is 15.5. The summed E-state index contributed by atoms with van der Waals surface area (Å²) in [6.07, 6.45) is 3.59. The fraction of sp³-hybridized carbons (Fsp3) is 0.350. The van der Waals surface area contributed by atoms with Crippen molar-refractivity contribution in [3.05, 3.63) is 53.7 Å². The van der Waals surface area contributed by atoms with Gasteiger partial charge in [-0.3, -0.25) is 4.79 Å². The van der Waals surface area contributed by atoms with Crippen molar-refractivity contribution in [3.8, 4) is 5.88 Å². The third-order valence-corrected chi connectivity index (χ3v) is 4.46. The molecular weight excluding hydrogens is 344 g/mol. The third-order valence-electron chi connectivity index (χ3n) is 4.46. The van der Waals surface area contributed by atoms with E-state index in [0.717, 1.165) is 29.7 Å². The highest BCUT2D eigenvalue weighted by molar-refractivity contribution is 5.94. The molecule has 1 aromatic carbocycles. The molecule has 1 saturated carbocycles. The summed E-state index contributed by atoms with van der Waals surface area (Å²) >= 11 is 0. The minimum absolute atomic E-state index is 0.0825. The van der Waals surface area contributed by atoms with E-state index in [1.807, 2.05) is 37.3 Å². The molecule has 0 spiro atoms. The minimum atomic E-state index is -0.278. The number of aromatic nitrogens is 1. The summed E-state index contributed by atoms with van der Waals surface area (Å²) in [5.74, 6) is 0.751. The maximum absolute atomic E-state index is 12.2. The van der Waals surface area contributed by atoms with Crippen molar-refractivity contribution in [2.24, 2.45) is 5.92 Å². The van der Waals surface area contributed by atoms with E-state index < -0.39 is 0 Å². The van der Waals surface area contributed by atoms with Gasteiger partial charge in [-0.15, -0.1) is 0 Å². The Morgan fingerprint density at radius 1 is 1.22 bits per heavy atom. The molecule has 1 heterocycles. The Hall–Kier alpha value is -3.09. The van der Waals surface area contributed by atoms with Crippen molar-refractivity contribution in [2.45, 2.75) is 32.4 Å². The number of carbonyl (C=O) groups is 2. The number of methoxy groups -OCH3 is 1. The number of nitrogens with one attached hydrogen (secondary N) is 3. The molecule has 3 amide bonds. The van der Waals surface area contributed by atoms with E-state index in [9.17, 15) is 9.59 Å². The number of nitrogens with zero attached hydrogens (tertiary/aromatic N) is 1. The van der Waals surface area contributed by atoms with Crippen molar-refractivity contribution < 1.29 is 14.3 Å². The first kappa shape index (κ1) is 18.7. The van der Waals surface area contributed by atoms with Crippen LogP contribution in [0.15, 0.2) is 42.6 Å². The van der Waals surface area contributed by atoms with Crippen molar-refractivity contribution in [2.75, 3.05) is 12.4 Å². The molecule has 1 aliphatic rings. The van der Waals surface area contributed by atoms with Crippen LogP contribution in [0.5, 0.6) is 5.88 Å². The van der Waals surface area contributed by atoms with Gasteiger partial charge in [-0.2, -0.15) is 0 Å². The molecule has 142 valence electrons. The van der Waals surface area contributed by atoms with Crippen molar-refractivity contribution in [1.29, 1.82) is 0 Å². The van der Waals surface area contributed by atoms with Crippen LogP contribution >= 0.6 is 0 Å². The van der Waals surface area contributed by atoms with Crippen LogP contribution in [0.3, 0.4) is 0 Å². The lowest BCUT2D eigenvalue weighted by Crippen LogP contribution is -2.36. The number of rotatable bonds is 7. The average Bonchev–Trinajstić information content (AvgIpc) is 3.52.